The number of nitrogens with zero attached hydrogens (tertiary/aromatic N) is 1. The van der Waals surface area contributed by atoms with Crippen LogP contribution in [0.4, 0.5) is 0 Å². The first-order chi connectivity index (χ1) is 7.97. The van der Waals surface area contributed by atoms with Gasteiger partial charge in [0, 0.05) is 11.8 Å². The van der Waals surface area contributed by atoms with Gasteiger partial charge in [-0.25, -0.2) is 0 Å². The Balaban J connectivity index is 2.38. The van der Waals surface area contributed by atoms with E-state index in [9.17, 15) is 10.1 Å². The number of fused-ring (bicyclic) bond motifs is 1. The Morgan fingerprint density at radius 2 is 2.35 bits per heavy atom. The molecule has 0 amide bonds. The highest BCUT2D eigenvalue weighted by atomic mass is 16.1. The average Bonchev–Trinajstić information content (AvgIpc) is 2.28. The Morgan fingerprint density at radius 3 is 2.94 bits per heavy atom. The van der Waals surface area contributed by atoms with Crippen LogP contribution in [0.5, 0.6) is 0 Å². The third-order valence-corrected chi connectivity index (χ3v) is 4.57. The highest BCUT2D eigenvalue weighted by molar-refractivity contribution is 5.91. The second kappa shape index (κ2) is 4.14. The lowest BCUT2D eigenvalue weighted by molar-refractivity contribution is -0.116. The van der Waals surface area contributed by atoms with E-state index >= 15 is 0 Å². The standard InChI is InChI=1S/C15H19NO/c1-10(2)11-6-12-8-14(17)4-5-15(12,3)13(7-11)9-16/h8,11,13H,1,4-7H2,2-3H3/t11-,13+,15-/m1/s1. The van der Waals surface area contributed by atoms with Gasteiger partial charge in [0.1, 0.15) is 0 Å². The zero-order valence-corrected chi connectivity index (χ0v) is 10.6. The van der Waals surface area contributed by atoms with Gasteiger partial charge >= 0.3 is 0 Å². The molecule has 0 bridgehead atoms. The minimum absolute atomic E-state index is 0.0253. The summed E-state index contributed by atoms with van der Waals surface area (Å²) in [6.07, 6.45) is 5.03. The molecule has 0 aromatic carbocycles. The number of rotatable bonds is 1. The average molecular weight is 229 g/mol. The van der Waals surface area contributed by atoms with Crippen LogP contribution in [0, 0.1) is 28.6 Å². The van der Waals surface area contributed by atoms with Crippen molar-refractivity contribution in [3.8, 4) is 6.07 Å². The van der Waals surface area contributed by atoms with Gasteiger partial charge in [0.05, 0.1) is 12.0 Å². The zero-order chi connectivity index (χ0) is 12.6. The molecular weight excluding hydrogens is 210 g/mol. The molecular formula is C15H19NO. The van der Waals surface area contributed by atoms with E-state index in [-0.39, 0.29) is 17.1 Å². The van der Waals surface area contributed by atoms with Crippen molar-refractivity contribution in [1.82, 2.24) is 0 Å². The SMILES string of the molecule is C=C(C)[C@@H]1CC2=CC(=O)CC[C@@]2(C)[C@H](C#N)C1. The molecule has 0 saturated heterocycles. The molecule has 17 heavy (non-hydrogen) atoms. The summed E-state index contributed by atoms with van der Waals surface area (Å²) in [6.45, 7) is 8.17. The molecule has 1 saturated carbocycles. The van der Waals surface area contributed by atoms with E-state index in [2.05, 4.69) is 19.6 Å². The minimum Gasteiger partial charge on any atom is -0.295 e. The number of allylic oxidation sites excluding steroid dienone is 3. The Labute approximate surface area is 103 Å². The maximum atomic E-state index is 11.5. The molecule has 2 rings (SSSR count). The molecule has 0 heterocycles. The van der Waals surface area contributed by atoms with Crippen molar-refractivity contribution < 1.29 is 4.79 Å². The monoisotopic (exact) mass is 229 g/mol. The van der Waals surface area contributed by atoms with Crippen LogP contribution in [0.15, 0.2) is 23.8 Å². The van der Waals surface area contributed by atoms with E-state index in [1.54, 1.807) is 6.08 Å². The van der Waals surface area contributed by atoms with Crippen LogP contribution < -0.4 is 0 Å². The van der Waals surface area contributed by atoms with Crippen molar-refractivity contribution in [2.24, 2.45) is 17.3 Å². The van der Waals surface area contributed by atoms with Crippen molar-refractivity contribution in [3.05, 3.63) is 23.8 Å². The Kier molecular flexibility index (Phi) is 2.95. The Morgan fingerprint density at radius 1 is 1.65 bits per heavy atom. The second-order valence-electron chi connectivity index (χ2n) is 5.72. The van der Waals surface area contributed by atoms with E-state index in [0.717, 1.165) is 24.8 Å². The summed E-state index contributed by atoms with van der Waals surface area (Å²) in [5, 5.41) is 9.37. The predicted octanol–water partition coefficient (Wildman–Crippen LogP) is 3.41. The van der Waals surface area contributed by atoms with Gasteiger partial charge in [-0.2, -0.15) is 5.26 Å². The molecule has 1 fully saturated rings. The van der Waals surface area contributed by atoms with Crippen LogP contribution in [0.2, 0.25) is 0 Å². The summed E-state index contributed by atoms with van der Waals surface area (Å²) in [5.74, 6) is 0.610. The van der Waals surface area contributed by atoms with E-state index < -0.39 is 0 Å². The highest BCUT2D eigenvalue weighted by Crippen LogP contribution is 2.52. The molecule has 2 nitrogen and oxygen atoms in total. The molecule has 0 unspecified atom stereocenters. The Hall–Kier alpha value is -1.36. The first-order valence-corrected chi connectivity index (χ1v) is 6.26. The number of carbonyl (C=O) groups excluding carboxylic acids is 1. The number of hydrogen-bond acceptors (Lipinski definition) is 2. The van der Waals surface area contributed by atoms with Crippen LogP contribution >= 0.6 is 0 Å². The number of carbonyl (C=O) groups is 1. The molecule has 0 aromatic heterocycles. The summed E-state index contributed by atoms with van der Waals surface area (Å²) < 4.78 is 0. The maximum Gasteiger partial charge on any atom is 0.155 e. The molecule has 0 aromatic rings. The second-order valence-corrected chi connectivity index (χ2v) is 5.72. The topological polar surface area (TPSA) is 40.9 Å². The van der Waals surface area contributed by atoms with Crippen molar-refractivity contribution in [2.75, 3.05) is 0 Å². The molecule has 0 N–H and O–H groups in total. The van der Waals surface area contributed by atoms with Crippen molar-refractivity contribution in [2.45, 2.75) is 39.5 Å². The lowest BCUT2D eigenvalue weighted by atomic mass is 9.57. The van der Waals surface area contributed by atoms with E-state index in [1.165, 1.54) is 5.57 Å². The molecule has 2 aliphatic carbocycles. The predicted molar refractivity (Wildman–Crippen MR) is 67.1 cm³/mol. The fourth-order valence-electron chi connectivity index (χ4n) is 3.13. The summed E-state index contributed by atoms with van der Waals surface area (Å²) in [6, 6.07) is 2.45. The first kappa shape index (κ1) is 12.1. The normalized spacial score (nSPS) is 36.8. The molecule has 90 valence electrons. The van der Waals surface area contributed by atoms with Gasteiger partial charge in [-0.1, -0.05) is 24.6 Å². The highest BCUT2D eigenvalue weighted by Gasteiger charge is 2.45. The van der Waals surface area contributed by atoms with E-state index in [1.807, 2.05) is 6.92 Å². The van der Waals surface area contributed by atoms with Gasteiger partial charge in [-0.15, -0.1) is 0 Å². The van der Waals surface area contributed by atoms with E-state index in [4.69, 9.17) is 0 Å². The van der Waals surface area contributed by atoms with Crippen molar-refractivity contribution in [3.63, 3.8) is 0 Å². The molecule has 3 atom stereocenters. The summed E-state index contributed by atoms with van der Waals surface area (Å²) in [4.78, 5) is 11.5. The number of hydrogen-bond donors (Lipinski definition) is 0. The lowest BCUT2D eigenvalue weighted by Crippen LogP contribution is -2.38. The van der Waals surface area contributed by atoms with Crippen LogP contribution in [-0.4, -0.2) is 5.78 Å². The fraction of sp³-hybridized carbons (Fsp3) is 0.600. The van der Waals surface area contributed by atoms with E-state index in [0.29, 0.717) is 12.3 Å². The van der Waals surface area contributed by atoms with Crippen LogP contribution in [0.3, 0.4) is 0 Å². The molecule has 0 radical (unpaired) electrons. The van der Waals surface area contributed by atoms with Crippen LogP contribution in [0.25, 0.3) is 0 Å². The zero-order valence-electron chi connectivity index (χ0n) is 10.6. The van der Waals surface area contributed by atoms with Gasteiger partial charge in [-0.05, 0) is 38.2 Å². The quantitative estimate of drug-likeness (QED) is 0.646. The number of ketones is 1. The summed E-state index contributed by atoms with van der Waals surface area (Å²) in [5.41, 5.74) is 2.24. The maximum absolute atomic E-state index is 11.5. The minimum atomic E-state index is -0.0748. The molecule has 2 heteroatoms. The third kappa shape index (κ3) is 1.95. The molecule has 0 aliphatic heterocycles. The van der Waals surface area contributed by atoms with Gasteiger partial charge in [0.25, 0.3) is 0 Å². The number of nitriles is 1. The fourth-order valence-corrected chi connectivity index (χ4v) is 3.13. The lowest BCUT2D eigenvalue weighted by Gasteiger charge is -2.45. The van der Waals surface area contributed by atoms with Crippen LogP contribution in [0.1, 0.15) is 39.5 Å². The smallest absolute Gasteiger partial charge is 0.155 e. The van der Waals surface area contributed by atoms with Crippen molar-refractivity contribution >= 4 is 5.78 Å². The van der Waals surface area contributed by atoms with Crippen molar-refractivity contribution in [1.29, 1.82) is 5.26 Å². The Bertz CT molecular complexity index is 440. The van der Waals surface area contributed by atoms with Gasteiger partial charge < -0.3 is 0 Å². The first-order valence-electron chi connectivity index (χ1n) is 6.26. The van der Waals surface area contributed by atoms with Gasteiger partial charge in [-0.3, -0.25) is 4.79 Å². The van der Waals surface area contributed by atoms with Gasteiger partial charge in [0.2, 0.25) is 0 Å². The molecule has 0 spiro atoms. The van der Waals surface area contributed by atoms with Crippen LogP contribution in [-0.2, 0) is 4.79 Å². The summed E-state index contributed by atoms with van der Waals surface area (Å²) in [7, 11) is 0. The van der Waals surface area contributed by atoms with Gasteiger partial charge in [0.15, 0.2) is 5.78 Å². The third-order valence-electron chi connectivity index (χ3n) is 4.57. The largest absolute Gasteiger partial charge is 0.295 e. The molecule has 2 aliphatic rings. The summed E-state index contributed by atoms with van der Waals surface area (Å²) >= 11 is 0.